The van der Waals surface area contributed by atoms with E-state index in [1.165, 1.54) is 0 Å². The fourth-order valence-electron chi connectivity index (χ4n) is 1.91. The predicted octanol–water partition coefficient (Wildman–Crippen LogP) is 2.87. The van der Waals surface area contributed by atoms with Crippen LogP contribution < -0.4 is 0 Å². The summed E-state index contributed by atoms with van der Waals surface area (Å²) in [7, 11) is 0. The van der Waals surface area contributed by atoms with Crippen molar-refractivity contribution in [2.45, 2.75) is 13.0 Å². The van der Waals surface area contributed by atoms with Crippen LogP contribution in [0.4, 0.5) is 0 Å². The van der Waals surface area contributed by atoms with Crippen LogP contribution in [0.25, 0.3) is 11.4 Å². The molecular formula is C13H11ClN2O. The van der Waals surface area contributed by atoms with E-state index in [9.17, 15) is 0 Å². The number of halogens is 1. The number of nitrogens with zero attached hydrogens (tertiary/aromatic N) is 2. The Balaban J connectivity index is 2.11. The zero-order chi connectivity index (χ0) is 11.7. The summed E-state index contributed by atoms with van der Waals surface area (Å²) in [6.45, 7) is 1.22. The summed E-state index contributed by atoms with van der Waals surface area (Å²) >= 11 is 6.17. The van der Waals surface area contributed by atoms with Gasteiger partial charge in [0.15, 0.2) is 5.82 Å². The minimum absolute atomic E-state index is 0.508. The number of fused-ring (bicyclic) bond motifs is 1. The van der Waals surface area contributed by atoms with Gasteiger partial charge in [0, 0.05) is 17.5 Å². The summed E-state index contributed by atoms with van der Waals surface area (Å²) in [6.07, 6.45) is 0.803. The Kier molecular flexibility index (Phi) is 2.79. The first-order valence-electron chi connectivity index (χ1n) is 5.53. The van der Waals surface area contributed by atoms with Crippen LogP contribution in [0.2, 0.25) is 5.15 Å². The van der Waals surface area contributed by atoms with E-state index in [1.807, 2.05) is 30.3 Å². The van der Waals surface area contributed by atoms with Gasteiger partial charge in [0.25, 0.3) is 0 Å². The third-order valence-electron chi connectivity index (χ3n) is 2.80. The van der Waals surface area contributed by atoms with Crippen molar-refractivity contribution in [3.63, 3.8) is 0 Å². The molecule has 0 atom stereocenters. The molecule has 1 aromatic carbocycles. The van der Waals surface area contributed by atoms with Crippen LogP contribution in [-0.2, 0) is 17.8 Å². The Morgan fingerprint density at radius 2 is 1.94 bits per heavy atom. The topological polar surface area (TPSA) is 35.0 Å². The van der Waals surface area contributed by atoms with Crippen LogP contribution in [-0.4, -0.2) is 16.6 Å². The van der Waals surface area contributed by atoms with Gasteiger partial charge in [-0.3, -0.25) is 0 Å². The molecule has 0 saturated carbocycles. The van der Waals surface area contributed by atoms with Crippen molar-refractivity contribution in [1.82, 2.24) is 9.97 Å². The van der Waals surface area contributed by atoms with Gasteiger partial charge >= 0.3 is 0 Å². The average Bonchev–Trinajstić information content (AvgIpc) is 2.40. The van der Waals surface area contributed by atoms with Gasteiger partial charge in [0.2, 0.25) is 0 Å². The van der Waals surface area contributed by atoms with Crippen LogP contribution in [0.3, 0.4) is 0 Å². The molecule has 4 heteroatoms. The summed E-state index contributed by atoms with van der Waals surface area (Å²) in [5.74, 6) is 0.691. The van der Waals surface area contributed by atoms with Gasteiger partial charge in [-0.2, -0.15) is 0 Å². The van der Waals surface area contributed by atoms with Gasteiger partial charge < -0.3 is 4.74 Å². The number of hydrogen-bond acceptors (Lipinski definition) is 3. The maximum Gasteiger partial charge on any atom is 0.161 e. The highest BCUT2D eigenvalue weighted by Gasteiger charge is 2.17. The lowest BCUT2D eigenvalue weighted by atomic mass is 10.1. The molecule has 86 valence electrons. The first-order valence-corrected chi connectivity index (χ1v) is 5.91. The van der Waals surface area contributed by atoms with Gasteiger partial charge in [-0.25, -0.2) is 9.97 Å². The van der Waals surface area contributed by atoms with Crippen molar-refractivity contribution in [3.8, 4) is 11.4 Å². The van der Waals surface area contributed by atoms with Crippen molar-refractivity contribution in [2.24, 2.45) is 0 Å². The van der Waals surface area contributed by atoms with Crippen molar-refractivity contribution in [1.29, 1.82) is 0 Å². The molecule has 0 fully saturated rings. The maximum atomic E-state index is 6.17. The molecule has 0 N–H and O–H groups in total. The van der Waals surface area contributed by atoms with Gasteiger partial charge in [-0.1, -0.05) is 41.9 Å². The Bertz CT molecular complexity index is 543. The van der Waals surface area contributed by atoms with E-state index in [-0.39, 0.29) is 0 Å². The third kappa shape index (κ3) is 2.04. The largest absolute Gasteiger partial charge is 0.376 e. The zero-order valence-electron chi connectivity index (χ0n) is 9.19. The van der Waals surface area contributed by atoms with Crippen LogP contribution in [0.5, 0.6) is 0 Å². The highest BCUT2D eigenvalue weighted by Crippen LogP contribution is 2.25. The van der Waals surface area contributed by atoms with Gasteiger partial charge in [-0.15, -0.1) is 0 Å². The van der Waals surface area contributed by atoms with Crippen LogP contribution in [0.1, 0.15) is 11.3 Å². The second-order valence-electron chi connectivity index (χ2n) is 3.93. The van der Waals surface area contributed by atoms with E-state index < -0.39 is 0 Å². The lowest BCUT2D eigenvalue weighted by Crippen LogP contribution is -2.14. The molecule has 17 heavy (non-hydrogen) atoms. The number of hydrogen-bond donors (Lipinski definition) is 0. The smallest absolute Gasteiger partial charge is 0.161 e. The summed E-state index contributed by atoms with van der Waals surface area (Å²) < 4.78 is 5.36. The molecule has 3 rings (SSSR count). The summed E-state index contributed by atoms with van der Waals surface area (Å²) in [6, 6.07) is 9.87. The Hall–Kier alpha value is -1.45. The first kappa shape index (κ1) is 10.7. The molecule has 0 unspecified atom stereocenters. The number of ether oxygens (including phenoxy) is 1. The molecule has 1 aliphatic rings. The van der Waals surface area contributed by atoms with E-state index in [4.69, 9.17) is 16.3 Å². The first-order chi connectivity index (χ1) is 8.34. The molecule has 2 aromatic rings. The quantitative estimate of drug-likeness (QED) is 0.726. The highest BCUT2D eigenvalue weighted by atomic mass is 35.5. The van der Waals surface area contributed by atoms with E-state index in [0.717, 1.165) is 23.2 Å². The third-order valence-corrected chi connectivity index (χ3v) is 3.12. The van der Waals surface area contributed by atoms with E-state index in [2.05, 4.69) is 9.97 Å². The summed E-state index contributed by atoms with van der Waals surface area (Å²) in [5, 5.41) is 0.508. The fraction of sp³-hybridized carbons (Fsp3) is 0.231. The normalized spacial score (nSPS) is 14.4. The van der Waals surface area contributed by atoms with Crippen LogP contribution in [0, 0.1) is 0 Å². The molecule has 3 nitrogen and oxygen atoms in total. The number of aromatic nitrogens is 2. The SMILES string of the molecule is Clc1nc(-c2ccccc2)nc2c1COCC2. The molecule has 0 aliphatic carbocycles. The van der Waals surface area contributed by atoms with Gasteiger partial charge in [0.1, 0.15) is 5.15 Å². The monoisotopic (exact) mass is 246 g/mol. The Labute approximate surface area is 104 Å². The molecule has 1 aliphatic heterocycles. The molecule has 2 heterocycles. The molecule has 0 bridgehead atoms. The van der Waals surface area contributed by atoms with Crippen molar-refractivity contribution < 1.29 is 4.74 Å². The minimum Gasteiger partial charge on any atom is -0.376 e. The van der Waals surface area contributed by atoms with Crippen molar-refractivity contribution >= 4 is 11.6 Å². The second-order valence-corrected chi connectivity index (χ2v) is 4.29. The molecular weight excluding hydrogens is 236 g/mol. The maximum absolute atomic E-state index is 6.17. The lowest BCUT2D eigenvalue weighted by molar-refractivity contribution is 0.109. The van der Waals surface area contributed by atoms with E-state index >= 15 is 0 Å². The van der Waals surface area contributed by atoms with E-state index in [0.29, 0.717) is 24.2 Å². The van der Waals surface area contributed by atoms with Crippen molar-refractivity contribution in [3.05, 3.63) is 46.7 Å². The molecule has 0 spiro atoms. The molecule has 0 radical (unpaired) electrons. The standard InChI is InChI=1S/C13H11ClN2O/c14-12-10-8-17-7-6-11(10)15-13(16-12)9-4-2-1-3-5-9/h1-5H,6-8H2. The summed E-state index contributed by atoms with van der Waals surface area (Å²) in [4.78, 5) is 8.90. The summed E-state index contributed by atoms with van der Waals surface area (Å²) in [5.41, 5.74) is 2.93. The fourth-order valence-corrected chi connectivity index (χ4v) is 2.15. The zero-order valence-corrected chi connectivity index (χ0v) is 9.94. The Morgan fingerprint density at radius 1 is 1.12 bits per heavy atom. The van der Waals surface area contributed by atoms with Gasteiger partial charge in [0.05, 0.1) is 18.9 Å². The molecule has 0 amide bonds. The minimum atomic E-state index is 0.508. The highest BCUT2D eigenvalue weighted by molar-refractivity contribution is 6.30. The van der Waals surface area contributed by atoms with Crippen LogP contribution in [0.15, 0.2) is 30.3 Å². The van der Waals surface area contributed by atoms with Crippen LogP contribution >= 0.6 is 11.6 Å². The molecule has 1 aromatic heterocycles. The number of rotatable bonds is 1. The van der Waals surface area contributed by atoms with E-state index in [1.54, 1.807) is 0 Å². The van der Waals surface area contributed by atoms with Crippen molar-refractivity contribution in [2.75, 3.05) is 6.61 Å². The van der Waals surface area contributed by atoms with Gasteiger partial charge in [-0.05, 0) is 0 Å². The lowest BCUT2D eigenvalue weighted by Gasteiger charge is -2.17. The predicted molar refractivity (Wildman–Crippen MR) is 65.8 cm³/mol. The molecule has 0 saturated heterocycles. The Morgan fingerprint density at radius 3 is 2.76 bits per heavy atom. The average molecular weight is 247 g/mol. The number of benzene rings is 1. The second kappa shape index (κ2) is 4.43.